The average molecular weight is 509 g/mol. The highest BCUT2D eigenvalue weighted by molar-refractivity contribution is 6.30. The fraction of sp³-hybridized carbons (Fsp3) is 0.286. The molecular weight excluding hydrogens is 476 g/mol. The van der Waals surface area contributed by atoms with Gasteiger partial charge in [0.2, 0.25) is 5.91 Å². The number of hydrogen-bond acceptors (Lipinski definition) is 5. The van der Waals surface area contributed by atoms with E-state index in [-0.39, 0.29) is 12.5 Å². The highest BCUT2D eigenvalue weighted by Crippen LogP contribution is 2.28. The predicted molar refractivity (Wildman–Crippen MR) is 144 cm³/mol. The van der Waals surface area contributed by atoms with E-state index in [1.54, 1.807) is 24.3 Å². The van der Waals surface area contributed by atoms with Gasteiger partial charge in [-0.1, -0.05) is 48.9 Å². The SMILES string of the molecule is CCN(CCNC)Cc1cc(-c2ccc(C(N)=O)cc2)ccc1OCC(=O)NCc1ccc(Cl)cc1. The Morgan fingerprint density at radius 1 is 1.00 bits per heavy atom. The molecule has 190 valence electrons. The molecule has 0 aliphatic carbocycles. The molecular formula is C28H33ClN4O3. The van der Waals surface area contributed by atoms with Crippen LogP contribution in [0.4, 0.5) is 0 Å². The number of nitrogens with one attached hydrogen (secondary N) is 2. The van der Waals surface area contributed by atoms with Crippen molar-refractivity contribution in [1.82, 2.24) is 15.5 Å². The van der Waals surface area contributed by atoms with Gasteiger partial charge < -0.3 is 21.1 Å². The lowest BCUT2D eigenvalue weighted by atomic mass is 10.0. The summed E-state index contributed by atoms with van der Waals surface area (Å²) < 4.78 is 5.96. The molecule has 0 bridgehead atoms. The number of likely N-dealkylation sites (N-methyl/N-ethyl adjacent to an activating group) is 2. The van der Waals surface area contributed by atoms with Crippen LogP contribution in [-0.4, -0.2) is 50.0 Å². The molecule has 0 radical (unpaired) electrons. The number of ether oxygens (including phenoxy) is 1. The summed E-state index contributed by atoms with van der Waals surface area (Å²) in [4.78, 5) is 26.2. The number of amides is 2. The predicted octanol–water partition coefficient (Wildman–Crippen LogP) is 3.84. The van der Waals surface area contributed by atoms with Gasteiger partial charge in [-0.25, -0.2) is 0 Å². The third kappa shape index (κ3) is 8.09. The van der Waals surface area contributed by atoms with E-state index >= 15 is 0 Å². The Balaban J connectivity index is 1.74. The monoisotopic (exact) mass is 508 g/mol. The lowest BCUT2D eigenvalue weighted by molar-refractivity contribution is -0.123. The smallest absolute Gasteiger partial charge is 0.258 e. The number of primary amides is 1. The van der Waals surface area contributed by atoms with Crippen LogP contribution < -0.4 is 21.1 Å². The van der Waals surface area contributed by atoms with Crippen molar-refractivity contribution in [2.24, 2.45) is 5.73 Å². The van der Waals surface area contributed by atoms with Crippen LogP contribution in [0.25, 0.3) is 11.1 Å². The number of carbonyl (C=O) groups is 2. The summed E-state index contributed by atoms with van der Waals surface area (Å²) in [5, 5.41) is 6.72. The summed E-state index contributed by atoms with van der Waals surface area (Å²) in [5.41, 5.74) is 9.73. The van der Waals surface area contributed by atoms with E-state index in [2.05, 4.69) is 28.5 Å². The van der Waals surface area contributed by atoms with E-state index in [9.17, 15) is 9.59 Å². The van der Waals surface area contributed by atoms with E-state index in [1.807, 2.05) is 43.4 Å². The second kappa shape index (κ2) is 13.6. The molecule has 3 rings (SSSR count). The minimum Gasteiger partial charge on any atom is -0.483 e. The maximum absolute atomic E-state index is 12.4. The Morgan fingerprint density at radius 2 is 1.69 bits per heavy atom. The van der Waals surface area contributed by atoms with Crippen molar-refractivity contribution in [3.05, 3.63) is 88.4 Å². The molecule has 8 heteroatoms. The Bertz CT molecular complexity index is 1150. The first kappa shape index (κ1) is 27.2. The van der Waals surface area contributed by atoms with E-state index in [0.717, 1.165) is 41.9 Å². The van der Waals surface area contributed by atoms with Gasteiger partial charge in [0, 0.05) is 42.3 Å². The standard InChI is InChI=1S/C28H33ClN4O3/c1-3-33(15-14-31-2)18-24-16-23(21-6-8-22(9-7-21)28(30)35)10-13-26(24)36-19-27(34)32-17-20-4-11-25(29)12-5-20/h4-13,16,31H,3,14-15,17-19H2,1-2H3,(H2,30,35)(H,32,34). The Hall–Kier alpha value is -3.39. The number of carbonyl (C=O) groups excluding carboxylic acids is 2. The van der Waals surface area contributed by atoms with Crippen LogP contribution in [0.5, 0.6) is 5.75 Å². The Morgan fingerprint density at radius 3 is 2.33 bits per heavy atom. The van der Waals surface area contributed by atoms with Gasteiger partial charge >= 0.3 is 0 Å². The maximum Gasteiger partial charge on any atom is 0.258 e. The second-order valence-corrected chi connectivity index (χ2v) is 8.86. The van der Waals surface area contributed by atoms with Crippen molar-refractivity contribution < 1.29 is 14.3 Å². The van der Waals surface area contributed by atoms with Crippen molar-refractivity contribution in [3.8, 4) is 16.9 Å². The van der Waals surface area contributed by atoms with Crippen LogP contribution in [0.1, 0.15) is 28.4 Å². The second-order valence-electron chi connectivity index (χ2n) is 8.43. The zero-order chi connectivity index (χ0) is 25.9. The van der Waals surface area contributed by atoms with Gasteiger partial charge in [0.1, 0.15) is 5.75 Å². The van der Waals surface area contributed by atoms with Crippen molar-refractivity contribution in [3.63, 3.8) is 0 Å². The lowest BCUT2D eigenvalue weighted by Gasteiger charge is -2.22. The number of nitrogens with two attached hydrogens (primary N) is 1. The molecule has 0 atom stereocenters. The number of nitrogens with zero attached hydrogens (tertiary/aromatic N) is 1. The van der Waals surface area contributed by atoms with Crippen LogP contribution in [0.3, 0.4) is 0 Å². The normalized spacial score (nSPS) is 10.9. The maximum atomic E-state index is 12.4. The molecule has 0 saturated heterocycles. The molecule has 0 unspecified atom stereocenters. The third-order valence-corrected chi connectivity index (χ3v) is 6.10. The van der Waals surface area contributed by atoms with Gasteiger partial charge in [0.05, 0.1) is 0 Å². The Kier molecular flexibility index (Phi) is 10.3. The zero-order valence-corrected chi connectivity index (χ0v) is 21.5. The van der Waals surface area contributed by atoms with Gasteiger partial charge in [0.25, 0.3) is 5.91 Å². The topological polar surface area (TPSA) is 96.7 Å². The van der Waals surface area contributed by atoms with Crippen LogP contribution >= 0.6 is 11.6 Å². The van der Waals surface area contributed by atoms with Crippen LogP contribution in [-0.2, 0) is 17.9 Å². The first-order chi connectivity index (χ1) is 17.4. The number of rotatable bonds is 13. The minimum atomic E-state index is -0.455. The fourth-order valence-corrected chi connectivity index (χ4v) is 3.83. The van der Waals surface area contributed by atoms with Gasteiger partial charge in [0.15, 0.2) is 6.61 Å². The van der Waals surface area contributed by atoms with Crippen molar-refractivity contribution in [2.75, 3.05) is 33.3 Å². The summed E-state index contributed by atoms with van der Waals surface area (Å²) in [6.45, 7) is 5.73. The molecule has 0 fully saturated rings. The molecule has 7 nitrogen and oxygen atoms in total. The molecule has 0 aliphatic heterocycles. The molecule has 0 heterocycles. The molecule has 0 aliphatic rings. The summed E-state index contributed by atoms with van der Waals surface area (Å²) in [6.07, 6.45) is 0. The van der Waals surface area contributed by atoms with Gasteiger partial charge in [-0.2, -0.15) is 0 Å². The number of benzene rings is 3. The largest absolute Gasteiger partial charge is 0.483 e. The molecule has 36 heavy (non-hydrogen) atoms. The van der Waals surface area contributed by atoms with Crippen molar-refractivity contribution in [2.45, 2.75) is 20.0 Å². The van der Waals surface area contributed by atoms with Crippen LogP contribution in [0, 0.1) is 0 Å². The summed E-state index contributed by atoms with van der Waals surface area (Å²) in [6, 6.07) is 20.5. The Labute approximate surface area is 217 Å². The fourth-order valence-electron chi connectivity index (χ4n) is 3.71. The number of halogens is 1. The quantitative estimate of drug-likeness (QED) is 0.326. The average Bonchev–Trinajstić information content (AvgIpc) is 2.89. The molecule has 0 spiro atoms. The van der Waals surface area contributed by atoms with Crippen LogP contribution in [0.15, 0.2) is 66.7 Å². The third-order valence-electron chi connectivity index (χ3n) is 5.84. The van der Waals surface area contributed by atoms with E-state index in [1.165, 1.54) is 0 Å². The van der Waals surface area contributed by atoms with Gasteiger partial charge in [-0.15, -0.1) is 0 Å². The van der Waals surface area contributed by atoms with E-state index in [0.29, 0.717) is 29.4 Å². The summed E-state index contributed by atoms with van der Waals surface area (Å²) in [5.74, 6) is 0.00468. The molecule has 2 amide bonds. The molecule has 0 saturated carbocycles. The van der Waals surface area contributed by atoms with E-state index in [4.69, 9.17) is 22.1 Å². The number of hydrogen-bond donors (Lipinski definition) is 3. The molecule has 4 N–H and O–H groups in total. The van der Waals surface area contributed by atoms with E-state index < -0.39 is 5.91 Å². The minimum absolute atomic E-state index is 0.0874. The first-order valence-electron chi connectivity index (χ1n) is 11.9. The molecule has 0 aromatic heterocycles. The molecule has 3 aromatic carbocycles. The van der Waals surface area contributed by atoms with Crippen molar-refractivity contribution in [1.29, 1.82) is 0 Å². The first-order valence-corrected chi connectivity index (χ1v) is 12.3. The van der Waals surface area contributed by atoms with Crippen LogP contribution in [0.2, 0.25) is 5.02 Å². The highest BCUT2D eigenvalue weighted by atomic mass is 35.5. The zero-order valence-electron chi connectivity index (χ0n) is 20.7. The lowest BCUT2D eigenvalue weighted by Crippen LogP contribution is -2.31. The van der Waals surface area contributed by atoms with Crippen molar-refractivity contribution >= 4 is 23.4 Å². The molecule has 3 aromatic rings. The summed E-state index contributed by atoms with van der Waals surface area (Å²) >= 11 is 5.92. The van der Waals surface area contributed by atoms with Gasteiger partial charge in [-0.3, -0.25) is 14.5 Å². The van der Waals surface area contributed by atoms with Gasteiger partial charge in [-0.05, 0) is 66.7 Å². The summed E-state index contributed by atoms with van der Waals surface area (Å²) in [7, 11) is 1.93. The highest BCUT2D eigenvalue weighted by Gasteiger charge is 2.13.